The quantitative estimate of drug-likeness (QED) is 0.770. The molecule has 0 aromatic carbocycles. The lowest BCUT2D eigenvalue weighted by molar-refractivity contribution is 0.133. The molecule has 0 aliphatic heterocycles. The molecule has 0 heterocycles. The molecule has 4 nitrogen and oxygen atoms in total. The maximum atomic E-state index is 11.8. The van der Waals surface area contributed by atoms with Crippen molar-refractivity contribution in [3.05, 3.63) is 0 Å². The summed E-state index contributed by atoms with van der Waals surface area (Å²) in [5.74, 6) is 0.442. The third-order valence-electron chi connectivity index (χ3n) is 3.35. The number of hydrogen-bond donors (Lipinski definition) is 2. The van der Waals surface area contributed by atoms with Crippen LogP contribution in [0.15, 0.2) is 0 Å². The fraction of sp³-hybridized carbons (Fsp3) is 0.917. The molecule has 94 valence electrons. The van der Waals surface area contributed by atoms with Crippen LogP contribution in [-0.4, -0.2) is 41.8 Å². The third kappa shape index (κ3) is 3.67. The minimum atomic E-state index is 0.0162. The molecule has 0 bridgehead atoms. The lowest BCUT2D eigenvalue weighted by atomic mass is 9.86. The van der Waals surface area contributed by atoms with Crippen LogP contribution < -0.4 is 5.32 Å². The Kier molecular flexibility index (Phi) is 5.06. The molecule has 0 aromatic heterocycles. The van der Waals surface area contributed by atoms with Crippen LogP contribution >= 0.6 is 0 Å². The number of amides is 2. The van der Waals surface area contributed by atoms with E-state index in [1.807, 2.05) is 25.8 Å². The zero-order valence-electron chi connectivity index (χ0n) is 10.6. The van der Waals surface area contributed by atoms with Gasteiger partial charge in [0.1, 0.15) is 0 Å². The van der Waals surface area contributed by atoms with Gasteiger partial charge in [0.15, 0.2) is 0 Å². The van der Waals surface area contributed by atoms with Gasteiger partial charge < -0.3 is 15.3 Å². The normalized spacial score (nSPS) is 25.6. The summed E-state index contributed by atoms with van der Waals surface area (Å²) in [5.41, 5.74) is 0. The van der Waals surface area contributed by atoms with E-state index < -0.39 is 0 Å². The standard InChI is InChI=1S/C12H24N2O2/c1-9(2)13-12(16)14(3)11-6-4-10(8-15)5-7-11/h9-11,15H,4-8H2,1-3H3,(H,13,16). The molecular formula is C12H24N2O2. The molecule has 1 rings (SSSR count). The number of nitrogens with one attached hydrogen (secondary N) is 1. The van der Waals surface area contributed by atoms with Crippen LogP contribution in [0.1, 0.15) is 39.5 Å². The lowest BCUT2D eigenvalue weighted by Crippen LogP contribution is -2.47. The number of rotatable bonds is 3. The van der Waals surface area contributed by atoms with Crippen LogP contribution in [0.2, 0.25) is 0 Å². The van der Waals surface area contributed by atoms with Gasteiger partial charge in [0.25, 0.3) is 0 Å². The zero-order chi connectivity index (χ0) is 12.1. The molecule has 0 spiro atoms. The van der Waals surface area contributed by atoms with Gasteiger partial charge in [-0.3, -0.25) is 0 Å². The molecular weight excluding hydrogens is 204 g/mol. The van der Waals surface area contributed by atoms with E-state index in [2.05, 4.69) is 5.32 Å². The molecule has 1 fully saturated rings. The molecule has 0 atom stereocenters. The fourth-order valence-electron chi connectivity index (χ4n) is 2.23. The Morgan fingerprint density at radius 3 is 2.38 bits per heavy atom. The summed E-state index contributed by atoms with van der Waals surface area (Å²) >= 11 is 0. The van der Waals surface area contributed by atoms with Crippen molar-refractivity contribution in [1.29, 1.82) is 0 Å². The van der Waals surface area contributed by atoms with E-state index >= 15 is 0 Å². The number of urea groups is 1. The van der Waals surface area contributed by atoms with Crippen molar-refractivity contribution in [3.8, 4) is 0 Å². The number of aliphatic hydroxyl groups is 1. The monoisotopic (exact) mass is 228 g/mol. The molecule has 4 heteroatoms. The molecule has 0 radical (unpaired) electrons. The van der Waals surface area contributed by atoms with Gasteiger partial charge in [0.05, 0.1) is 0 Å². The number of aliphatic hydroxyl groups excluding tert-OH is 1. The smallest absolute Gasteiger partial charge is 0.317 e. The predicted molar refractivity (Wildman–Crippen MR) is 64.3 cm³/mol. The van der Waals surface area contributed by atoms with Crippen molar-refractivity contribution in [1.82, 2.24) is 10.2 Å². The lowest BCUT2D eigenvalue weighted by Gasteiger charge is -2.34. The molecule has 16 heavy (non-hydrogen) atoms. The van der Waals surface area contributed by atoms with Crippen molar-refractivity contribution < 1.29 is 9.90 Å². The van der Waals surface area contributed by atoms with Gasteiger partial charge in [0.2, 0.25) is 0 Å². The van der Waals surface area contributed by atoms with E-state index in [1.54, 1.807) is 0 Å². The summed E-state index contributed by atoms with van der Waals surface area (Å²) in [5, 5.41) is 12.0. The summed E-state index contributed by atoms with van der Waals surface area (Å²) in [6, 6.07) is 0.535. The molecule has 0 aromatic rings. The molecule has 2 amide bonds. The highest BCUT2D eigenvalue weighted by molar-refractivity contribution is 5.74. The van der Waals surface area contributed by atoms with Crippen LogP contribution in [0.25, 0.3) is 0 Å². The second-order valence-electron chi connectivity index (χ2n) is 5.07. The Balaban J connectivity index is 2.37. The Bertz CT molecular complexity index is 223. The molecule has 1 aliphatic carbocycles. The van der Waals surface area contributed by atoms with Gasteiger partial charge in [0, 0.05) is 25.7 Å². The summed E-state index contributed by atoms with van der Waals surface area (Å²) in [4.78, 5) is 13.6. The highest BCUT2D eigenvalue weighted by Gasteiger charge is 2.26. The summed E-state index contributed by atoms with van der Waals surface area (Å²) in [6.07, 6.45) is 4.07. The van der Waals surface area contributed by atoms with E-state index in [9.17, 15) is 4.79 Å². The van der Waals surface area contributed by atoms with E-state index in [4.69, 9.17) is 5.11 Å². The van der Waals surface area contributed by atoms with Gasteiger partial charge in [-0.25, -0.2) is 4.79 Å². The van der Waals surface area contributed by atoms with Gasteiger partial charge in [-0.2, -0.15) is 0 Å². The number of nitrogens with zero attached hydrogens (tertiary/aromatic N) is 1. The topological polar surface area (TPSA) is 52.6 Å². The Hall–Kier alpha value is -0.770. The van der Waals surface area contributed by atoms with Crippen molar-refractivity contribution in [2.24, 2.45) is 5.92 Å². The minimum absolute atomic E-state index is 0.0162. The SMILES string of the molecule is CC(C)NC(=O)N(C)C1CCC(CO)CC1. The predicted octanol–water partition coefficient (Wildman–Crippen LogP) is 1.59. The average molecular weight is 228 g/mol. The molecule has 0 unspecified atom stereocenters. The number of carbonyl (C=O) groups excluding carboxylic acids is 1. The molecule has 1 saturated carbocycles. The second-order valence-corrected chi connectivity index (χ2v) is 5.07. The summed E-state index contributed by atoms with van der Waals surface area (Å²) in [7, 11) is 1.86. The maximum Gasteiger partial charge on any atom is 0.317 e. The van der Waals surface area contributed by atoms with Crippen molar-refractivity contribution >= 4 is 6.03 Å². The summed E-state index contributed by atoms with van der Waals surface area (Å²) in [6.45, 7) is 4.22. The van der Waals surface area contributed by atoms with Gasteiger partial charge in [-0.1, -0.05) is 0 Å². The van der Waals surface area contributed by atoms with Crippen LogP contribution in [0, 0.1) is 5.92 Å². The fourth-order valence-corrected chi connectivity index (χ4v) is 2.23. The van der Waals surface area contributed by atoms with Crippen molar-refractivity contribution in [2.45, 2.75) is 51.6 Å². The van der Waals surface area contributed by atoms with E-state index in [-0.39, 0.29) is 18.7 Å². The van der Waals surface area contributed by atoms with Crippen molar-refractivity contribution in [3.63, 3.8) is 0 Å². The molecule has 0 saturated heterocycles. The highest BCUT2D eigenvalue weighted by atomic mass is 16.3. The average Bonchev–Trinajstić information content (AvgIpc) is 2.27. The van der Waals surface area contributed by atoms with Crippen LogP contribution in [0.3, 0.4) is 0 Å². The first-order valence-corrected chi connectivity index (χ1v) is 6.18. The van der Waals surface area contributed by atoms with Crippen LogP contribution in [0.5, 0.6) is 0 Å². The molecule has 1 aliphatic rings. The Labute approximate surface area is 98.0 Å². The third-order valence-corrected chi connectivity index (χ3v) is 3.35. The highest BCUT2D eigenvalue weighted by Crippen LogP contribution is 2.26. The van der Waals surface area contributed by atoms with Crippen LogP contribution in [-0.2, 0) is 0 Å². The minimum Gasteiger partial charge on any atom is -0.396 e. The van der Waals surface area contributed by atoms with E-state index in [0.717, 1.165) is 25.7 Å². The second kappa shape index (κ2) is 6.09. The van der Waals surface area contributed by atoms with E-state index in [1.165, 1.54) is 0 Å². The number of hydrogen-bond acceptors (Lipinski definition) is 2. The van der Waals surface area contributed by atoms with E-state index in [0.29, 0.717) is 12.0 Å². The molecule has 2 N–H and O–H groups in total. The van der Waals surface area contributed by atoms with Crippen molar-refractivity contribution in [2.75, 3.05) is 13.7 Å². The van der Waals surface area contributed by atoms with Gasteiger partial charge in [-0.15, -0.1) is 0 Å². The zero-order valence-corrected chi connectivity index (χ0v) is 10.6. The Morgan fingerprint density at radius 2 is 1.94 bits per heavy atom. The van der Waals surface area contributed by atoms with Crippen LogP contribution in [0.4, 0.5) is 4.79 Å². The first-order chi connectivity index (χ1) is 7.54. The van der Waals surface area contributed by atoms with Gasteiger partial charge >= 0.3 is 6.03 Å². The number of carbonyl (C=O) groups is 1. The largest absolute Gasteiger partial charge is 0.396 e. The first kappa shape index (κ1) is 13.3. The summed E-state index contributed by atoms with van der Waals surface area (Å²) < 4.78 is 0. The maximum absolute atomic E-state index is 11.8. The Morgan fingerprint density at radius 1 is 1.38 bits per heavy atom. The van der Waals surface area contributed by atoms with Gasteiger partial charge in [-0.05, 0) is 45.4 Å². The first-order valence-electron chi connectivity index (χ1n) is 6.18.